The molecule has 0 radical (unpaired) electrons. The summed E-state index contributed by atoms with van der Waals surface area (Å²) in [5, 5.41) is 0. The first-order valence-electron chi connectivity index (χ1n) is 5.81. The molecule has 1 aliphatic rings. The fraction of sp³-hybridized carbons (Fsp3) is 0.500. The molecule has 0 aliphatic carbocycles. The molecule has 0 amide bonds. The second-order valence-electron chi connectivity index (χ2n) is 4.32. The standard InChI is InChI=1S/C12H15BrO4S/c13-11-2-1-3-12(8-11)17-18(14,15)9-10-4-6-16-7-5-10/h1-3,8,10H,4-7,9H2. The van der Waals surface area contributed by atoms with Gasteiger partial charge >= 0.3 is 10.1 Å². The third kappa shape index (κ3) is 4.26. The summed E-state index contributed by atoms with van der Waals surface area (Å²) in [4.78, 5) is 0. The molecule has 100 valence electrons. The molecule has 0 bridgehead atoms. The fourth-order valence-electron chi connectivity index (χ4n) is 1.90. The third-order valence-corrected chi connectivity index (χ3v) is 4.62. The van der Waals surface area contributed by atoms with Crippen molar-refractivity contribution in [3.8, 4) is 5.75 Å². The van der Waals surface area contributed by atoms with Crippen LogP contribution in [-0.4, -0.2) is 27.4 Å². The molecule has 0 saturated carbocycles. The minimum absolute atomic E-state index is 0.0584. The zero-order valence-corrected chi connectivity index (χ0v) is 12.2. The maximum atomic E-state index is 11.9. The summed E-state index contributed by atoms with van der Waals surface area (Å²) in [5.74, 6) is 0.537. The number of hydrogen-bond acceptors (Lipinski definition) is 4. The van der Waals surface area contributed by atoms with Crippen molar-refractivity contribution in [2.75, 3.05) is 19.0 Å². The number of hydrogen-bond donors (Lipinski definition) is 0. The Bertz CT molecular complexity index is 495. The van der Waals surface area contributed by atoms with Crippen LogP contribution in [0.5, 0.6) is 5.75 Å². The van der Waals surface area contributed by atoms with Crippen LogP contribution in [0.3, 0.4) is 0 Å². The Morgan fingerprint density at radius 1 is 1.33 bits per heavy atom. The smallest absolute Gasteiger partial charge is 0.309 e. The van der Waals surface area contributed by atoms with Crippen LogP contribution in [0.25, 0.3) is 0 Å². The quantitative estimate of drug-likeness (QED) is 0.794. The van der Waals surface area contributed by atoms with Gasteiger partial charge in [-0.3, -0.25) is 0 Å². The molecule has 1 aliphatic heterocycles. The second kappa shape index (κ2) is 6.04. The van der Waals surface area contributed by atoms with Gasteiger partial charge in [0, 0.05) is 17.7 Å². The average molecular weight is 335 g/mol. The van der Waals surface area contributed by atoms with Gasteiger partial charge in [-0.05, 0) is 37.0 Å². The van der Waals surface area contributed by atoms with Crippen molar-refractivity contribution in [2.24, 2.45) is 5.92 Å². The maximum absolute atomic E-state index is 11.9. The Morgan fingerprint density at radius 3 is 2.72 bits per heavy atom. The zero-order chi connectivity index (χ0) is 13.0. The Morgan fingerprint density at radius 2 is 2.06 bits per heavy atom. The van der Waals surface area contributed by atoms with Crippen molar-refractivity contribution in [3.63, 3.8) is 0 Å². The van der Waals surface area contributed by atoms with E-state index >= 15 is 0 Å². The number of ether oxygens (including phenoxy) is 1. The van der Waals surface area contributed by atoms with E-state index in [1.807, 2.05) is 6.07 Å². The maximum Gasteiger partial charge on any atom is 0.309 e. The molecule has 1 fully saturated rings. The van der Waals surface area contributed by atoms with E-state index in [1.54, 1.807) is 18.2 Å². The van der Waals surface area contributed by atoms with E-state index in [2.05, 4.69) is 15.9 Å². The van der Waals surface area contributed by atoms with Crippen molar-refractivity contribution < 1.29 is 17.3 Å². The third-order valence-electron chi connectivity index (χ3n) is 2.80. The van der Waals surface area contributed by atoms with Crippen molar-refractivity contribution in [2.45, 2.75) is 12.8 Å². The molecule has 4 nitrogen and oxygen atoms in total. The topological polar surface area (TPSA) is 52.6 Å². The van der Waals surface area contributed by atoms with E-state index in [0.29, 0.717) is 19.0 Å². The first-order chi connectivity index (χ1) is 8.55. The second-order valence-corrected chi connectivity index (χ2v) is 6.85. The minimum atomic E-state index is -3.53. The number of halogens is 1. The monoisotopic (exact) mass is 334 g/mol. The first kappa shape index (κ1) is 13.8. The normalized spacial score (nSPS) is 17.6. The SMILES string of the molecule is O=S(=O)(CC1CCOCC1)Oc1cccc(Br)c1. The Labute approximate surface area is 116 Å². The molecule has 2 rings (SSSR count). The van der Waals surface area contributed by atoms with Gasteiger partial charge in [-0.25, -0.2) is 0 Å². The van der Waals surface area contributed by atoms with Crippen molar-refractivity contribution in [3.05, 3.63) is 28.7 Å². The van der Waals surface area contributed by atoms with Crippen LogP contribution >= 0.6 is 15.9 Å². The van der Waals surface area contributed by atoms with Crippen molar-refractivity contribution in [1.82, 2.24) is 0 Å². The van der Waals surface area contributed by atoms with E-state index in [4.69, 9.17) is 8.92 Å². The molecule has 1 aromatic rings. The van der Waals surface area contributed by atoms with Crippen molar-refractivity contribution in [1.29, 1.82) is 0 Å². The molecule has 1 saturated heterocycles. The summed E-state index contributed by atoms with van der Waals surface area (Å²) in [6, 6.07) is 6.83. The largest absolute Gasteiger partial charge is 0.382 e. The molecule has 0 aromatic heterocycles. The number of rotatable bonds is 4. The molecule has 6 heteroatoms. The Hall–Kier alpha value is -0.590. The van der Waals surface area contributed by atoms with Crippen molar-refractivity contribution >= 4 is 26.0 Å². The highest BCUT2D eigenvalue weighted by Crippen LogP contribution is 2.22. The first-order valence-corrected chi connectivity index (χ1v) is 8.18. The van der Waals surface area contributed by atoms with Crippen LogP contribution in [0.1, 0.15) is 12.8 Å². The highest BCUT2D eigenvalue weighted by molar-refractivity contribution is 9.10. The van der Waals surface area contributed by atoms with Gasteiger partial charge in [0.2, 0.25) is 0 Å². The van der Waals surface area contributed by atoms with E-state index in [0.717, 1.165) is 17.3 Å². The molecule has 1 aromatic carbocycles. The highest BCUT2D eigenvalue weighted by Gasteiger charge is 2.23. The molecule has 1 heterocycles. The van der Waals surface area contributed by atoms with E-state index in [1.165, 1.54) is 0 Å². The summed E-state index contributed by atoms with van der Waals surface area (Å²) in [5.41, 5.74) is 0. The number of benzene rings is 1. The molecule has 0 atom stereocenters. The fourth-order valence-corrected chi connectivity index (χ4v) is 3.66. The van der Waals surface area contributed by atoms with Gasteiger partial charge in [0.1, 0.15) is 5.75 Å². The van der Waals surface area contributed by atoms with E-state index < -0.39 is 10.1 Å². The molecule has 0 N–H and O–H groups in total. The summed E-state index contributed by atoms with van der Waals surface area (Å²) in [6.07, 6.45) is 1.56. The van der Waals surface area contributed by atoms with Gasteiger partial charge in [-0.1, -0.05) is 22.0 Å². The minimum Gasteiger partial charge on any atom is -0.382 e. The van der Waals surface area contributed by atoms with Gasteiger partial charge in [0.25, 0.3) is 0 Å². The molecule has 0 unspecified atom stereocenters. The summed E-state index contributed by atoms with van der Waals surface area (Å²) < 4.78 is 34.9. The van der Waals surface area contributed by atoms with Crippen LogP contribution in [0.15, 0.2) is 28.7 Å². The zero-order valence-electron chi connectivity index (χ0n) is 9.84. The van der Waals surface area contributed by atoms with Crippen LogP contribution in [0, 0.1) is 5.92 Å². The van der Waals surface area contributed by atoms with Gasteiger partial charge in [0.15, 0.2) is 0 Å². The lowest BCUT2D eigenvalue weighted by atomic mass is 10.0. The van der Waals surface area contributed by atoms with Crippen LogP contribution in [-0.2, 0) is 14.9 Å². The van der Waals surface area contributed by atoms with Gasteiger partial charge < -0.3 is 8.92 Å². The molecular formula is C12H15BrO4S. The van der Waals surface area contributed by atoms with E-state index in [9.17, 15) is 8.42 Å². The van der Waals surface area contributed by atoms with Crippen LogP contribution in [0.4, 0.5) is 0 Å². The predicted octanol–water partition coefficient (Wildman–Crippen LogP) is 2.58. The van der Waals surface area contributed by atoms with Crippen LogP contribution < -0.4 is 4.18 Å². The van der Waals surface area contributed by atoms with Gasteiger partial charge in [-0.15, -0.1) is 0 Å². The van der Waals surface area contributed by atoms with Gasteiger partial charge in [-0.2, -0.15) is 8.42 Å². The van der Waals surface area contributed by atoms with Gasteiger partial charge in [0.05, 0.1) is 5.75 Å². The molecule has 0 spiro atoms. The summed E-state index contributed by atoms with van der Waals surface area (Å²) in [7, 11) is -3.53. The van der Waals surface area contributed by atoms with E-state index in [-0.39, 0.29) is 11.7 Å². The summed E-state index contributed by atoms with van der Waals surface area (Å²) in [6.45, 7) is 1.27. The highest BCUT2D eigenvalue weighted by atomic mass is 79.9. The Balaban J connectivity index is 1.98. The molecule has 18 heavy (non-hydrogen) atoms. The lowest BCUT2D eigenvalue weighted by molar-refractivity contribution is 0.0720. The lowest BCUT2D eigenvalue weighted by Crippen LogP contribution is -2.26. The van der Waals surface area contributed by atoms with Crippen LogP contribution in [0.2, 0.25) is 0 Å². The summed E-state index contributed by atoms with van der Waals surface area (Å²) >= 11 is 3.28. The Kier molecular flexibility index (Phi) is 4.64. The molecular weight excluding hydrogens is 320 g/mol. The predicted molar refractivity (Wildman–Crippen MR) is 72.1 cm³/mol. The lowest BCUT2D eigenvalue weighted by Gasteiger charge is -2.21. The average Bonchev–Trinajstić information content (AvgIpc) is 2.28.